The van der Waals surface area contributed by atoms with Crippen molar-refractivity contribution in [3.8, 4) is 61.6 Å². The van der Waals surface area contributed by atoms with Gasteiger partial charge in [-0.15, -0.1) is 0 Å². The number of benzene rings is 7. The molecule has 2 heterocycles. The number of hydrogen-bond donors (Lipinski definition) is 0. The summed E-state index contributed by atoms with van der Waals surface area (Å²) in [6.45, 7) is 0. The molecule has 9 aromatic rings. The number of nitrogens with zero attached hydrogens (tertiary/aromatic N) is 2. The fraction of sp³-hybridized carbons (Fsp3) is 0.262. The number of rotatable bonds is 6. The fourth-order valence-electron chi connectivity index (χ4n) is 12.4. The molecule has 0 spiro atoms. The SMILES string of the molecule is c1ccc(-c2nccn2-c2c(-c3c4c(cc5c3CCCC5)CCCC4)cc(-c3cccc(-c4ccc5oc6ccccc6c5c4)c3)cc2-c2c3c(cc4c2CCCC4)CCCC3)cc1. The quantitative estimate of drug-likeness (QED) is 0.167. The van der Waals surface area contributed by atoms with E-state index < -0.39 is 0 Å². The molecule has 0 radical (unpaired) electrons. The monoisotopic (exact) mass is 830 g/mol. The third-order valence-electron chi connectivity index (χ3n) is 15.4. The van der Waals surface area contributed by atoms with E-state index in [1.165, 1.54) is 138 Å². The Bertz CT molecular complexity index is 3120. The van der Waals surface area contributed by atoms with Crippen LogP contribution in [0.2, 0.25) is 0 Å². The Morgan fingerprint density at radius 3 is 1.50 bits per heavy atom. The predicted molar refractivity (Wildman–Crippen MR) is 265 cm³/mol. The zero-order valence-electron chi connectivity index (χ0n) is 36.8. The van der Waals surface area contributed by atoms with E-state index in [0.717, 1.165) is 48.2 Å². The summed E-state index contributed by atoms with van der Waals surface area (Å²) in [7, 11) is 0. The van der Waals surface area contributed by atoms with Crippen LogP contribution in [0, 0.1) is 0 Å². The third-order valence-corrected chi connectivity index (χ3v) is 15.4. The Kier molecular flexibility index (Phi) is 9.31. The lowest BCUT2D eigenvalue weighted by Gasteiger charge is -2.32. The normalized spacial score (nSPS) is 15.8. The Morgan fingerprint density at radius 2 is 0.891 bits per heavy atom. The molecule has 4 aliphatic rings. The highest BCUT2D eigenvalue weighted by Crippen LogP contribution is 2.50. The maximum Gasteiger partial charge on any atom is 0.144 e. The first-order valence-electron chi connectivity index (χ1n) is 24.4. The summed E-state index contributed by atoms with van der Waals surface area (Å²) in [6.07, 6.45) is 23.7. The number of para-hydroxylation sites is 1. The Labute approximate surface area is 376 Å². The molecule has 0 aliphatic heterocycles. The van der Waals surface area contributed by atoms with E-state index in [2.05, 4.69) is 132 Å². The summed E-state index contributed by atoms with van der Waals surface area (Å²) < 4.78 is 8.78. The van der Waals surface area contributed by atoms with Crippen LogP contribution in [0.3, 0.4) is 0 Å². The molecule has 13 rings (SSSR count). The van der Waals surface area contributed by atoms with Crippen molar-refractivity contribution in [3.05, 3.63) is 178 Å². The van der Waals surface area contributed by atoms with Crippen LogP contribution in [0.15, 0.2) is 138 Å². The zero-order valence-corrected chi connectivity index (χ0v) is 36.8. The molecule has 7 aromatic carbocycles. The Hall–Kier alpha value is -6.45. The maximum atomic E-state index is 6.28. The van der Waals surface area contributed by atoms with Gasteiger partial charge in [-0.25, -0.2) is 4.98 Å². The van der Waals surface area contributed by atoms with Crippen LogP contribution in [0.4, 0.5) is 0 Å². The van der Waals surface area contributed by atoms with Crippen molar-refractivity contribution < 1.29 is 4.42 Å². The first-order valence-corrected chi connectivity index (χ1v) is 24.4. The Balaban J connectivity index is 1.14. The third kappa shape index (κ3) is 6.33. The molecule has 0 amide bonds. The van der Waals surface area contributed by atoms with Crippen LogP contribution < -0.4 is 0 Å². The summed E-state index contributed by atoms with van der Waals surface area (Å²) in [5, 5.41) is 2.33. The lowest BCUT2D eigenvalue weighted by atomic mass is 9.74. The van der Waals surface area contributed by atoms with Gasteiger partial charge in [0.05, 0.1) is 5.69 Å². The second-order valence-electron chi connectivity index (χ2n) is 19.2. The van der Waals surface area contributed by atoms with Gasteiger partial charge in [0.2, 0.25) is 0 Å². The fourth-order valence-corrected chi connectivity index (χ4v) is 12.4. The molecule has 0 saturated carbocycles. The summed E-state index contributed by atoms with van der Waals surface area (Å²) in [6, 6.07) is 45.9. The molecule has 4 aliphatic carbocycles. The van der Waals surface area contributed by atoms with Crippen LogP contribution in [0.1, 0.15) is 95.9 Å². The number of imidazole rings is 1. The molecular formula is C61H54N2O. The maximum absolute atomic E-state index is 6.28. The van der Waals surface area contributed by atoms with E-state index in [9.17, 15) is 0 Å². The highest BCUT2D eigenvalue weighted by atomic mass is 16.3. The molecule has 0 N–H and O–H groups in total. The lowest BCUT2D eigenvalue weighted by molar-refractivity contribution is 0.660. The van der Waals surface area contributed by atoms with E-state index in [1.54, 1.807) is 44.5 Å². The molecular weight excluding hydrogens is 777 g/mol. The second-order valence-corrected chi connectivity index (χ2v) is 19.2. The summed E-state index contributed by atoms with van der Waals surface area (Å²) in [4.78, 5) is 5.20. The van der Waals surface area contributed by atoms with Gasteiger partial charge in [-0.1, -0.05) is 84.9 Å². The molecule has 3 heteroatoms. The second kappa shape index (κ2) is 15.7. The van der Waals surface area contributed by atoms with Gasteiger partial charge >= 0.3 is 0 Å². The van der Waals surface area contributed by atoms with E-state index in [4.69, 9.17) is 9.40 Å². The van der Waals surface area contributed by atoms with Crippen molar-refractivity contribution in [2.45, 2.75) is 103 Å². The average molecular weight is 831 g/mol. The van der Waals surface area contributed by atoms with Gasteiger partial charge in [-0.2, -0.15) is 0 Å². The van der Waals surface area contributed by atoms with Crippen molar-refractivity contribution in [2.24, 2.45) is 0 Å². The zero-order chi connectivity index (χ0) is 42.1. The van der Waals surface area contributed by atoms with Gasteiger partial charge in [0, 0.05) is 39.9 Å². The first kappa shape index (κ1) is 38.0. The molecule has 64 heavy (non-hydrogen) atoms. The molecule has 3 nitrogen and oxygen atoms in total. The van der Waals surface area contributed by atoms with Crippen LogP contribution in [-0.4, -0.2) is 9.55 Å². The predicted octanol–water partition coefficient (Wildman–Crippen LogP) is 15.6. The largest absolute Gasteiger partial charge is 0.456 e. The standard InChI is InChI=1S/C61H54N2O/c1-2-15-39(16-3-1)61-62-31-32-63(61)60-54(58-48-23-8-4-17-43(48)34-44-18-5-9-24-49(44)58)37-47(38-55(60)59-50-25-10-6-19-45(50)35-46-20-7-11-26-51(46)59)41-22-14-21-40(33-41)42-29-30-57-53(36-42)52-27-12-13-28-56(52)64-57/h1-3,12-16,21-22,27-38H,4-11,17-20,23-26H2. The molecule has 314 valence electrons. The van der Waals surface area contributed by atoms with Gasteiger partial charge < -0.3 is 4.42 Å². The molecule has 0 unspecified atom stereocenters. The van der Waals surface area contributed by atoms with Crippen LogP contribution >= 0.6 is 0 Å². The van der Waals surface area contributed by atoms with Crippen molar-refractivity contribution in [1.82, 2.24) is 9.55 Å². The minimum absolute atomic E-state index is 0.935. The van der Waals surface area contributed by atoms with Gasteiger partial charge in [0.25, 0.3) is 0 Å². The average Bonchev–Trinajstić information content (AvgIpc) is 4.00. The number of hydrogen-bond acceptors (Lipinski definition) is 2. The van der Waals surface area contributed by atoms with E-state index in [0.29, 0.717) is 0 Å². The van der Waals surface area contributed by atoms with E-state index in [-0.39, 0.29) is 0 Å². The van der Waals surface area contributed by atoms with Gasteiger partial charge in [0.1, 0.15) is 17.0 Å². The number of fused-ring (bicyclic) bond motifs is 7. The topological polar surface area (TPSA) is 31.0 Å². The summed E-state index contributed by atoms with van der Waals surface area (Å²) in [5.41, 5.74) is 27.9. The van der Waals surface area contributed by atoms with Crippen molar-refractivity contribution in [1.29, 1.82) is 0 Å². The molecule has 0 bridgehead atoms. The molecule has 0 saturated heterocycles. The van der Waals surface area contributed by atoms with Gasteiger partial charge in [-0.3, -0.25) is 4.57 Å². The van der Waals surface area contributed by atoms with Crippen molar-refractivity contribution in [3.63, 3.8) is 0 Å². The number of furan rings is 1. The van der Waals surface area contributed by atoms with Gasteiger partial charge in [0.15, 0.2) is 0 Å². The first-order chi connectivity index (χ1) is 31.7. The van der Waals surface area contributed by atoms with E-state index in [1.807, 2.05) is 6.20 Å². The smallest absolute Gasteiger partial charge is 0.144 e. The van der Waals surface area contributed by atoms with Crippen LogP contribution in [-0.2, 0) is 51.4 Å². The van der Waals surface area contributed by atoms with Crippen LogP contribution in [0.5, 0.6) is 0 Å². The molecule has 0 atom stereocenters. The van der Waals surface area contributed by atoms with Crippen molar-refractivity contribution >= 4 is 21.9 Å². The Morgan fingerprint density at radius 1 is 0.391 bits per heavy atom. The highest BCUT2D eigenvalue weighted by Gasteiger charge is 2.31. The number of aryl methyl sites for hydroxylation is 4. The van der Waals surface area contributed by atoms with Crippen molar-refractivity contribution in [2.75, 3.05) is 0 Å². The lowest BCUT2D eigenvalue weighted by Crippen LogP contribution is -2.16. The van der Waals surface area contributed by atoms with Gasteiger partial charge in [-0.05, 0) is 217 Å². The minimum atomic E-state index is 0.935. The minimum Gasteiger partial charge on any atom is -0.456 e. The molecule has 2 aromatic heterocycles. The van der Waals surface area contributed by atoms with Crippen LogP contribution in [0.25, 0.3) is 83.5 Å². The summed E-state index contributed by atoms with van der Waals surface area (Å²) in [5.74, 6) is 1.01. The highest BCUT2D eigenvalue weighted by molar-refractivity contribution is 6.06. The summed E-state index contributed by atoms with van der Waals surface area (Å²) >= 11 is 0. The van der Waals surface area contributed by atoms with E-state index >= 15 is 0 Å². The molecule has 0 fully saturated rings. The number of aromatic nitrogens is 2.